The summed E-state index contributed by atoms with van der Waals surface area (Å²) in [6.07, 6.45) is 1.73. The number of nitrogens with zero attached hydrogens (tertiary/aromatic N) is 3. The molecule has 0 aliphatic carbocycles. The highest BCUT2D eigenvalue weighted by molar-refractivity contribution is 7.23. The molecule has 0 amide bonds. The smallest absolute Gasteiger partial charge is 0.152 e. The van der Waals surface area contributed by atoms with Crippen LogP contribution in [0.25, 0.3) is 31.7 Å². The minimum absolute atomic E-state index is 0. The van der Waals surface area contributed by atoms with Crippen LogP contribution in [0.1, 0.15) is 0 Å². The predicted molar refractivity (Wildman–Crippen MR) is 90.9 cm³/mol. The lowest BCUT2D eigenvalue weighted by Gasteiger charge is -1.98. The molecule has 4 nitrogen and oxygen atoms in total. The van der Waals surface area contributed by atoms with Gasteiger partial charge in [-0.05, 0) is 23.8 Å². The van der Waals surface area contributed by atoms with E-state index in [9.17, 15) is 4.39 Å². The third-order valence-corrected chi connectivity index (χ3v) is 4.64. The molecule has 0 saturated heterocycles. The zero-order valence-corrected chi connectivity index (χ0v) is 13.2. The van der Waals surface area contributed by atoms with Crippen LogP contribution in [0.15, 0.2) is 36.7 Å². The number of thiophene rings is 1. The van der Waals surface area contributed by atoms with Crippen molar-refractivity contribution in [3.05, 3.63) is 42.5 Å². The maximum absolute atomic E-state index is 13.4. The van der Waals surface area contributed by atoms with Crippen molar-refractivity contribution < 1.29 is 4.39 Å². The summed E-state index contributed by atoms with van der Waals surface area (Å²) in [6.45, 7) is 0. The van der Waals surface area contributed by atoms with Gasteiger partial charge in [-0.2, -0.15) is 0 Å². The zero-order chi connectivity index (χ0) is 14.6. The highest BCUT2D eigenvalue weighted by atomic mass is 35.5. The van der Waals surface area contributed by atoms with Crippen molar-refractivity contribution in [2.24, 2.45) is 7.05 Å². The van der Waals surface area contributed by atoms with Crippen molar-refractivity contribution in [1.29, 1.82) is 0 Å². The number of aryl methyl sites for hydroxylation is 1. The molecule has 112 valence electrons. The number of pyridine rings is 1. The fraction of sp³-hybridized carbons (Fsp3) is 0.0667. The molecule has 0 aliphatic heterocycles. The lowest BCUT2D eigenvalue weighted by molar-refractivity contribution is 0.628. The van der Waals surface area contributed by atoms with E-state index < -0.39 is 0 Å². The van der Waals surface area contributed by atoms with Crippen LogP contribution in [0.5, 0.6) is 0 Å². The first-order valence-corrected chi connectivity index (χ1v) is 7.21. The largest absolute Gasteiger partial charge is 0.382 e. The van der Waals surface area contributed by atoms with Gasteiger partial charge in [-0.1, -0.05) is 12.1 Å². The summed E-state index contributed by atoms with van der Waals surface area (Å²) >= 11 is 1.57. The Kier molecular flexibility index (Phi) is 3.50. The molecule has 3 aromatic heterocycles. The maximum atomic E-state index is 13.4. The first kappa shape index (κ1) is 14.7. The van der Waals surface area contributed by atoms with Crippen molar-refractivity contribution in [1.82, 2.24) is 14.5 Å². The molecule has 1 aromatic carbocycles. The molecule has 22 heavy (non-hydrogen) atoms. The second-order valence-electron chi connectivity index (χ2n) is 4.89. The van der Waals surface area contributed by atoms with Gasteiger partial charge in [-0.25, -0.2) is 14.4 Å². The molecule has 7 heteroatoms. The van der Waals surface area contributed by atoms with E-state index in [4.69, 9.17) is 5.73 Å². The molecule has 0 unspecified atom stereocenters. The summed E-state index contributed by atoms with van der Waals surface area (Å²) in [6, 6.07) is 8.49. The SMILES string of the molecule is Cl.Cn1cnc2c(N)nc3cc(-c4cccc(F)c4)sc3c21. The fourth-order valence-corrected chi connectivity index (χ4v) is 3.67. The van der Waals surface area contributed by atoms with Gasteiger partial charge in [0.25, 0.3) is 0 Å². The molecule has 3 heterocycles. The lowest BCUT2D eigenvalue weighted by atomic mass is 10.2. The first-order valence-electron chi connectivity index (χ1n) is 6.39. The van der Waals surface area contributed by atoms with Crippen LogP contribution in [0.2, 0.25) is 0 Å². The molecule has 0 fully saturated rings. The van der Waals surface area contributed by atoms with E-state index in [2.05, 4.69) is 9.97 Å². The molecule has 4 aromatic rings. The number of hydrogen-bond acceptors (Lipinski definition) is 4. The molecule has 0 radical (unpaired) electrons. The average Bonchev–Trinajstić information content (AvgIpc) is 3.03. The van der Waals surface area contributed by atoms with E-state index in [1.807, 2.05) is 23.7 Å². The Labute approximate surface area is 135 Å². The molecule has 0 bridgehead atoms. The Morgan fingerprint density at radius 3 is 2.86 bits per heavy atom. The van der Waals surface area contributed by atoms with Gasteiger partial charge in [0.2, 0.25) is 0 Å². The first-order chi connectivity index (χ1) is 10.1. The van der Waals surface area contributed by atoms with Crippen molar-refractivity contribution in [3.63, 3.8) is 0 Å². The summed E-state index contributed by atoms with van der Waals surface area (Å²) in [5.74, 6) is 0.171. The topological polar surface area (TPSA) is 56.7 Å². The normalized spacial score (nSPS) is 11.0. The van der Waals surface area contributed by atoms with Gasteiger partial charge < -0.3 is 10.3 Å². The number of rotatable bonds is 1. The van der Waals surface area contributed by atoms with Crippen molar-refractivity contribution in [3.8, 4) is 10.4 Å². The Balaban J connectivity index is 0.00000144. The van der Waals surface area contributed by atoms with Crippen LogP contribution in [0.4, 0.5) is 10.2 Å². The van der Waals surface area contributed by atoms with Crippen LogP contribution >= 0.6 is 23.7 Å². The quantitative estimate of drug-likeness (QED) is 0.572. The number of aromatic nitrogens is 3. The number of halogens is 2. The van der Waals surface area contributed by atoms with E-state index in [1.54, 1.807) is 23.7 Å². The lowest BCUT2D eigenvalue weighted by Crippen LogP contribution is -1.92. The van der Waals surface area contributed by atoms with Gasteiger partial charge in [-0.15, -0.1) is 23.7 Å². The van der Waals surface area contributed by atoms with Crippen molar-refractivity contribution >= 4 is 50.8 Å². The Hall–Kier alpha value is -2.18. The molecule has 4 rings (SSSR count). The number of fused-ring (bicyclic) bond motifs is 3. The third kappa shape index (κ3) is 2.12. The molecule has 0 aliphatic rings. The van der Waals surface area contributed by atoms with E-state index in [1.165, 1.54) is 12.1 Å². The highest BCUT2D eigenvalue weighted by Gasteiger charge is 2.14. The second kappa shape index (κ2) is 5.23. The predicted octanol–water partition coefficient (Wildman–Crippen LogP) is 3.99. The maximum Gasteiger partial charge on any atom is 0.152 e. The minimum atomic E-state index is -0.247. The van der Waals surface area contributed by atoms with Gasteiger partial charge in [0, 0.05) is 11.9 Å². The number of hydrogen-bond donors (Lipinski definition) is 1. The molecule has 0 atom stereocenters. The fourth-order valence-electron chi connectivity index (χ4n) is 2.49. The molecular weight excluding hydrogens is 323 g/mol. The van der Waals surface area contributed by atoms with Gasteiger partial charge in [0.1, 0.15) is 11.3 Å². The summed E-state index contributed by atoms with van der Waals surface area (Å²) in [7, 11) is 1.93. The number of nitrogens with two attached hydrogens (primary N) is 1. The van der Waals surface area contributed by atoms with Crippen LogP contribution in [0.3, 0.4) is 0 Å². The number of anilines is 1. The van der Waals surface area contributed by atoms with Crippen molar-refractivity contribution in [2.45, 2.75) is 0 Å². The van der Waals surface area contributed by atoms with Crippen LogP contribution < -0.4 is 5.73 Å². The van der Waals surface area contributed by atoms with E-state index >= 15 is 0 Å². The zero-order valence-electron chi connectivity index (χ0n) is 11.6. The highest BCUT2D eigenvalue weighted by Crippen LogP contribution is 2.37. The van der Waals surface area contributed by atoms with Crippen LogP contribution in [-0.4, -0.2) is 14.5 Å². The standard InChI is InChI=1S/C15H11FN4S.ClH/c1-20-7-18-12-13(20)14-10(19-15(12)17)6-11(21-14)8-3-2-4-9(16)5-8;/h2-7H,1H3,(H2,17,19);1H. The van der Waals surface area contributed by atoms with E-state index in [0.29, 0.717) is 11.3 Å². The number of nitrogen functional groups attached to an aromatic ring is 1. The van der Waals surface area contributed by atoms with E-state index in [-0.39, 0.29) is 18.2 Å². The molecule has 2 N–H and O–H groups in total. The van der Waals surface area contributed by atoms with Crippen LogP contribution in [-0.2, 0) is 7.05 Å². The number of benzene rings is 1. The third-order valence-electron chi connectivity index (χ3n) is 3.46. The summed E-state index contributed by atoms with van der Waals surface area (Å²) in [4.78, 5) is 9.65. The molecular formula is C15H12ClFN4S. The van der Waals surface area contributed by atoms with Gasteiger partial charge in [-0.3, -0.25) is 0 Å². The van der Waals surface area contributed by atoms with Gasteiger partial charge in [0.15, 0.2) is 5.82 Å². The average molecular weight is 335 g/mol. The second-order valence-corrected chi connectivity index (χ2v) is 5.94. The number of imidazole rings is 1. The minimum Gasteiger partial charge on any atom is -0.382 e. The van der Waals surface area contributed by atoms with Gasteiger partial charge in [0.05, 0.1) is 22.1 Å². The van der Waals surface area contributed by atoms with E-state index in [0.717, 1.165) is 26.2 Å². The summed E-state index contributed by atoms with van der Waals surface area (Å²) < 4.78 is 16.3. The monoisotopic (exact) mass is 334 g/mol. The Morgan fingerprint density at radius 1 is 1.27 bits per heavy atom. The van der Waals surface area contributed by atoms with Crippen molar-refractivity contribution in [2.75, 3.05) is 5.73 Å². The molecule has 0 saturated carbocycles. The summed E-state index contributed by atoms with van der Waals surface area (Å²) in [5, 5.41) is 0. The summed E-state index contributed by atoms with van der Waals surface area (Å²) in [5.41, 5.74) is 9.29. The Bertz CT molecular complexity index is 992. The van der Waals surface area contributed by atoms with Crippen LogP contribution in [0, 0.1) is 5.82 Å². The molecule has 0 spiro atoms. The van der Waals surface area contributed by atoms with Gasteiger partial charge >= 0.3 is 0 Å². The Morgan fingerprint density at radius 2 is 2.09 bits per heavy atom.